The van der Waals surface area contributed by atoms with Crippen LogP contribution in [-0.2, 0) is 5.41 Å². The van der Waals surface area contributed by atoms with Crippen molar-refractivity contribution in [2.75, 3.05) is 0 Å². The second kappa shape index (κ2) is 11.2. The second-order valence-corrected chi connectivity index (χ2v) is 15.3. The molecule has 0 amide bonds. The first-order chi connectivity index (χ1) is 26.0. The number of benzene rings is 10. The first-order valence-corrected chi connectivity index (χ1v) is 18.7. The molecule has 10 aromatic carbocycles. The zero-order valence-electron chi connectivity index (χ0n) is 29.8. The van der Waals surface area contributed by atoms with E-state index < -0.39 is 0 Å². The van der Waals surface area contributed by atoms with Gasteiger partial charge in [-0.2, -0.15) is 0 Å². The maximum atomic E-state index is 2.44. The molecule has 11 rings (SSSR count). The van der Waals surface area contributed by atoms with Gasteiger partial charge < -0.3 is 0 Å². The lowest BCUT2D eigenvalue weighted by Crippen LogP contribution is -2.15. The van der Waals surface area contributed by atoms with Crippen molar-refractivity contribution in [3.05, 3.63) is 193 Å². The molecule has 0 heteroatoms. The van der Waals surface area contributed by atoms with Crippen LogP contribution in [0.3, 0.4) is 0 Å². The normalized spacial score (nSPS) is 13.2. The molecule has 0 saturated carbocycles. The molecule has 1 aliphatic rings. The fraction of sp³-hybridized carbons (Fsp3) is 0.0566. The summed E-state index contributed by atoms with van der Waals surface area (Å²) >= 11 is 0. The molecule has 0 bridgehead atoms. The third-order valence-corrected chi connectivity index (χ3v) is 12.0. The molecule has 0 fully saturated rings. The Morgan fingerprint density at radius 3 is 1.34 bits per heavy atom. The summed E-state index contributed by atoms with van der Waals surface area (Å²) in [4.78, 5) is 0. The summed E-state index contributed by atoms with van der Waals surface area (Å²) in [5, 5.41) is 12.9. The van der Waals surface area contributed by atoms with E-state index in [0.29, 0.717) is 0 Å². The molecule has 0 heterocycles. The van der Waals surface area contributed by atoms with Gasteiger partial charge in [0.2, 0.25) is 0 Å². The number of fused-ring (bicyclic) bond motifs is 11. The minimum atomic E-state index is -0.107. The lowest BCUT2D eigenvalue weighted by atomic mass is 9.80. The monoisotopic (exact) mass is 672 g/mol. The Hall–Kier alpha value is -6.50. The Balaban J connectivity index is 0.949. The van der Waals surface area contributed by atoms with Crippen molar-refractivity contribution in [3.63, 3.8) is 0 Å². The topological polar surface area (TPSA) is 0 Å². The SMILES string of the molecule is CC1(C)c2cc(-c3ccc4cc(-c5ccc6c7ccccc7c7ccccc7c6c5)ccc4c3)ccc2-c2ccc(-c3cccc4ccccc34)cc21. The number of hydrogen-bond acceptors (Lipinski definition) is 0. The third kappa shape index (κ3) is 4.55. The summed E-state index contributed by atoms with van der Waals surface area (Å²) in [6, 6.07) is 67.9. The summed E-state index contributed by atoms with van der Waals surface area (Å²) in [5.74, 6) is 0. The Morgan fingerprint density at radius 2 is 0.698 bits per heavy atom. The highest BCUT2D eigenvalue weighted by Gasteiger charge is 2.36. The molecule has 0 nitrogen and oxygen atoms in total. The highest BCUT2D eigenvalue weighted by Crippen LogP contribution is 2.51. The number of hydrogen-bond donors (Lipinski definition) is 0. The molecule has 0 unspecified atom stereocenters. The Bertz CT molecular complexity index is 3100. The van der Waals surface area contributed by atoms with Crippen molar-refractivity contribution < 1.29 is 0 Å². The van der Waals surface area contributed by atoms with E-state index in [0.717, 1.165) is 0 Å². The van der Waals surface area contributed by atoms with Gasteiger partial charge in [-0.15, -0.1) is 0 Å². The Kier molecular flexibility index (Phi) is 6.40. The van der Waals surface area contributed by atoms with Crippen LogP contribution in [0.4, 0.5) is 0 Å². The van der Waals surface area contributed by atoms with Crippen molar-refractivity contribution in [2.45, 2.75) is 19.3 Å². The highest BCUT2D eigenvalue weighted by molar-refractivity contribution is 6.25. The van der Waals surface area contributed by atoms with Gasteiger partial charge in [0.05, 0.1) is 0 Å². The molecule has 0 saturated heterocycles. The van der Waals surface area contributed by atoms with Crippen molar-refractivity contribution in [2.24, 2.45) is 0 Å². The lowest BCUT2D eigenvalue weighted by Gasteiger charge is -2.23. The minimum Gasteiger partial charge on any atom is -0.0616 e. The molecule has 0 N–H and O–H groups in total. The van der Waals surface area contributed by atoms with Gasteiger partial charge in [0.15, 0.2) is 0 Å². The minimum absolute atomic E-state index is 0.107. The van der Waals surface area contributed by atoms with Crippen LogP contribution in [0.15, 0.2) is 182 Å². The fourth-order valence-electron chi connectivity index (χ4n) is 9.25. The third-order valence-electron chi connectivity index (χ3n) is 12.0. The molecule has 0 spiro atoms. The van der Waals surface area contributed by atoms with Crippen molar-refractivity contribution in [1.82, 2.24) is 0 Å². The molecule has 0 aliphatic heterocycles. The van der Waals surface area contributed by atoms with E-state index in [9.17, 15) is 0 Å². The molecule has 0 aromatic heterocycles. The average molecular weight is 673 g/mol. The Labute approximate surface area is 309 Å². The van der Waals surface area contributed by atoms with Crippen LogP contribution in [0.5, 0.6) is 0 Å². The van der Waals surface area contributed by atoms with E-state index in [1.165, 1.54) is 109 Å². The summed E-state index contributed by atoms with van der Waals surface area (Å²) in [7, 11) is 0. The van der Waals surface area contributed by atoms with Crippen molar-refractivity contribution in [3.8, 4) is 44.5 Å². The second-order valence-electron chi connectivity index (χ2n) is 15.3. The molecule has 53 heavy (non-hydrogen) atoms. The predicted molar refractivity (Wildman–Crippen MR) is 228 cm³/mol. The smallest absolute Gasteiger partial charge is 0.0159 e. The van der Waals surface area contributed by atoms with E-state index in [2.05, 4.69) is 196 Å². The van der Waals surface area contributed by atoms with Crippen LogP contribution < -0.4 is 0 Å². The standard InChI is InChI=1S/C53H36/c1-53(2)51-31-39(23-26-48(51)49-27-24-40(32-52(49)53)42-17-9-11-33-10-3-4-12-41(33)42)37-21-19-34-28-36(20-18-35(34)29-37)38-22-25-47-45-15-6-5-13-43(45)44-14-7-8-16-46(44)50(47)30-38/h3-32H,1-2H3. The van der Waals surface area contributed by atoms with Gasteiger partial charge in [0.25, 0.3) is 0 Å². The molecular weight excluding hydrogens is 637 g/mol. The van der Waals surface area contributed by atoms with E-state index in [1.807, 2.05) is 0 Å². The molecular formula is C53H36. The van der Waals surface area contributed by atoms with Crippen LogP contribution >= 0.6 is 0 Å². The van der Waals surface area contributed by atoms with E-state index in [1.54, 1.807) is 0 Å². The number of rotatable bonds is 3. The van der Waals surface area contributed by atoms with Gasteiger partial charge in [-0.1, -0.05) is 166 Å². The van der Waals surface area contributed by atoms with Gasteiger partial charge in [-0.05, 0) is 140 Å². The van der Waals surface area contributed by atoms with Crippen LogP contribution in [0, 0.1) is 0 Å². The van der Waals surface area contributed by atoms with Crippen LogP contribution in [0.1, 0.15) is 25.0 Å². The van der Waals surface area contributed by atoms with Gasteiger partial charge >= 0.3 is 0 Å². The van der Waals surface area contributed by atoms with E-state index in [-0.39, 0.29) is 5.41 Å². The van der Waals surface area contributed by atoms with E-state index >= 15 is 0 Å². The predicted octanol–water partition coefficient (Wildman–Crippen LogP) is 14.8. The Morgan fingerprint density at radius 1 is 0.264 bits per heavy atom. The van der Waals surface area contributed by atoms with Gasteiger partial charge in [-0.3, -0.25) is 0 Å². The molecule has 10 aromatic rings. The van der Waals surface area contributed by atoms with Crippen LogP contribution in [0.25, 0.3) is 98.4 Å². The lowest BCUT2D eigenvalue weighted by molar-refractivity contribution is 0.661. The van der Waals surface area contributed by atoms with Crippen molar-refractivity contribution >= 4 is 53.9 Å². The fourth-order valence-corrected chi connectivity index (χ4v) is 9.25. The maximum absolute atomic E-state index is 2.44. The highest BCUT2D eigenvalue weighted by atomic mass is 14.4. The summed E-state index contributed by atoms with van der Waals surface area (Å²) < 4.78 is 0. The zero-order chi connectivity index (χ0) is 35.3. The van der Waals surface area contributed by atoms with Crippen molar-refractivity contribution in [1.29, 1.82) is 0 Å². The zero-order valence-corrected chi connectivity index (χ0v) is 29.8. The van der Waals surface area contributed by atoms with Gasteiger partial charge in [0.1, 0.15) is 0 Å². The maximum Gasteiger partial charge on any atom is 0.0159 e. The quantitative estimate of drug-likeness (QED) is 0.164. The van der Waals surface area contributed by atoms with Crippen LogP contribution in [0.2, 0.25) is 0 Å². The van der Waals surface area contributed by atoms with E-state index in [4.69, 9.17) is 0 Å². The first-order valence-electron chi connectivity index (χ1n) is 18.7. The summed E-state index contributed by atoms with van der Waals surface area (Å²) in [5.41, 5.74) is 13.0. The largest absolute Gasteiger partial charge is 0.0616 e. The first kappa shape index (κ1) is 30.2. The van der Waals surface area contributed by atoms with Gasteiger partial charge in [0, 0.05) is 5.41 Å². The van der Waals surface area contributed by atoms with Crippen LogP contribution in [-0.4, -0.2) is 0 Å². The molecule has 248 valence electrons. The molecule has 1 aliphatic carbocycles. The average Bonchev–Trinajstić information content (AvgIpc) is 3.44. The summed E-state index contributed by atoms with van der Waals surface area (Å²) in [6.45, 7) is 4.77. The van der Waals surface area contributed by atoms with Gasteiger partial charge in [-0.25, -0.2) is 0 Å². The molecule has 0 atom stereocenters. The summed E-state index contributed by atoms with van der Waals surface area (Å²) in [6.07, 6.45) is 0. The molecule has 0 radical (unpaired) electrons.